The first kappa shape index (κ1) is 23.4. The maximum atomic E-state index is 15.6. The predicted molar refractivity (Wildman–Crippen MR) is 120 cm³/mol. The van der Waals surface area contributed by atoms with Crippen molar-refractivity contribution in [1.82, 2.24) is 4.72 Å². The van der Waals surface area contributed by atoms with Gasteiger partial charge in [-0.05, 0) is 64.2 Å². The minimum Gasteiger partial charge on any atom is -0.598 e. The van der Waals surface area contributed by atoms with Crippen LogP contribution in [0.4, 0.5) is 4.39 Å². The number of benzene rings is 2. The molecule has 2 aromatic rings. The molecule has 4 nitrogen and oxygen atoms in total. The monoisotopic (exact) mass is 453 g/mol. The summed E-state index contributed by atoms with van der Waals surface area (Å²) in [6, 6.07) is 11.8. The van der Waals surface area contributed by atoms with Gasteiger partial charge in [-0.15, -0.1) is 4.72 Å². The Bertz CT molecular complexity index is 825. The van der Waals surface area contributed by atoms with Gasteiger partial charge in [-0.25, -0.2) is 4.39 Å². The quantitative estimate of drug-likeness (QED) is 0.508. The summed E-state index contributed by atoms with van der Waals surface area (Å²) in [6.07, 6.45) is 2.47. The van der Waals surface area contributed by atoms with Crippen LogP contribution in [0, 0.1) is 11.7 Å². The summed E-state index contributed by atoms with van der Waals surface area (Å²) in [5.41, 5.74) is 0.412. The molecule has 0 bridgehead atoms. The standard InChI is InChI=1S/C23H29ClFNO3S/c1-23(2,3)30(27)26-20(15-16-11-13-28-14-12-16)18-9-10-19(24)22(21(18)25)29-17-7-5-4-6-8-17/h4-10,16,20,26H,11-15H2,1-3H3/t20-,30?/m0/s1. The van der Waals surface area contributed by atoms with Crippen LogP contribution in [0.3, 0.4) is 0 Å². The minimum absolute atomic E-state index is 0.0133. The topological polar surface area (TPSA) is 53.5 Å². The third kappa shape index (κ3) is 6.11. The van der Waals surface area contributed by atoms with Gasteiger partial charge in [0.05, 0.1) is 11.1 Å². The van der Waals surface area contributed by atoms with Crippen molar-refractivity contribution < 1.29 is 18.4 Å². The van der Waals surface area contributed by atoms with E-state index in [1.807, 2.05) is 39.0 Å². The zero-order valence-corrected chi connectivity index (χ0v) is 19.2. The zero-order valence-electron chi connectivity index (χ0n) is 17.6. The molecule has 1 heterocycles. The molecule has 1 saturated heterocycles. The van der Waals surface area contributed by atoms with Crippen LogP contribution in [0.25, 0.3) is 0 Å². The third-order valence-corrected chi connectivity index (χ3v) is 7.04. The van der Waals surface area contributed by atoms with Gasteiger partial charge < -0.3 is 14.0 Å². The summed E-state index contributed by atoms with van der Waals surface area (Å²) in [5, 5.41) is 0.196. The Morgan fingerprint density at radius 1 is 1.20 bits per heavy atom. The molecule has 1 aliphatic rings. The molecule has 0 radical (unpaired) electrons. The zero-order chi connectivity index (χ0) is 21.7. The van der Waals surface area contributed by atoms with Gasteiger partial charge in [0.1, 0.15) is 10.5 Å². The summed E-state index contributed by atoms with van der Waals surface area (Å²) in [6.45, 7) is 7.08. The molecule has 0 spiro atoms. The Kier molecular flexibility index (Phi) is 8.04. The molecule has 0 amide bonds. The highest BCUT2D eigenvalue weighted by molar-refractivity contribution is 7.90. The van der Waals surface area contributed by atoms with E-state index in [1.165, 1.54) is 0 Å². The van der Waals surface area contributed by atoms with Crippen LogP contribution < -0.4 is 9.46 Å². The van der Waals surface area contributed by atoms with Gasteiger partial charge >= 0.3 is 0 Å². The van der Waals surface area contributed by atoms with Gasteiger partial charge in [-0.3, -0.25) is 0 Å². The van der Waals surface area contributed by atoms with Gasteiger partial charge in [-0.2, -0.15) is 0 Å². The second-order valence-electron chi connectivity index (χ2n) is 8.54. The van der Waals surface area contributed by atoms with E-state index in [0.29, 0.717) is 36.9 Å². The molecule has 2 aromatic carbocycles. The minimum atomic E-state index is -1.35. The first-order chi connectivity index (χ1) is 14.3. The molecular weight excluding hydrogens is 425 g/mol. The van der Waals surface area contributed by atoms with Crippen LogP contribution in [-0.4, -0.2) is 22.5 Å². The van der Waals surface area contributed by atoms with Crippen LogP contribution in [-0.2, 0) is 16.1 Å². The fraction of sp³-hybridized carbons (Fsp3) is 0.478. The highest BCUT2D eigenvalue weighted by Gasteiger charge is 2.33. The molecule has 0 aromatic heterocycles. The molecule has 1 aliphatic heterocycles. The normalized spacial score (nSPS) is 17.5. The molecular formula is C23H29ClFNO3S. The molecule has 7 heteroatoms. The maximum absolute atomic E-state index is 15.6. The van der Waals surface area contributed by atoms with Crippen molar-refractivity contribution in [3.8, 4) is 11.5 Å². The van der Waals surface area contributed by atoms with E-state index >= 15 is 4.39 Å². The lowest BCUT2D eigenvalue weighted by atomic mass is 9.89. The van der Waals surface area contributed by atoms with E-state index in [2.05, 4.69) is 4.72 Å². The highest BCUT2D eigenvalue weighted by atomic mass is 35.5. The maximum Gasteiger partial charge on any atom is 0.181 e. The fourth-order valence-corrected chi connectivity index (χ4v) is 4.40. The first-order valence-corrected chi connectivity index (χ1v) is 11.7. The predicted octanol–water partition coefficient (Wildman–Crippen LogP) is 6.18. The molecule has 0 aliphatic carbocycles. The Morgan fingerprint density at radius 3 is 2.50 bits per heavy atom. The summed E-state index contributed by atoms with van der Waals surface area (Å²) in [4.78, 5) is 0. The number of hydrogen-bond acceptors (Lipinski definition) is 4. The highest BCUT2D eigenvalue weighted by Crippen LogP contribution is 2.38. The lowest BCUT2D eigenvalue weighted by Crippen LogP contribution is -2.42. The van der Waals surface area contributed by atoms with E-state index in [4.69, 9.17) is 21.1 Å². The molecule has 2 atom stereocenters. The van der Waals surface area contributed by atoms with Crippen molar-refractivity contribution >= 4 is 23.0 Å². The second-order valence-corrected chi connectivity index (χ2v) is 10.9. The smallest absolute Gasteiger partial charge is 0.181 e. The fourth-order valence-electron chi connectivity index (χ4n) is 3.38. The Morgan fingerprint density at radius 2 is 1.87 bits per heavy atom. The molecule has 1 N–H and O–H groups in total. The van der Waals surface area contributed by atoms with Crippen LogP contribution >= 0.6 is 11.6 Å². The average molecular weight is 454 g/mol. The van der Waals surface area contributed by atoms with Gasteiger partial charge in [0.15, 0.2) is 11.6 Å². The second kappa shape index (κ2) is 10.3. The number of para-hydroxylation sites is 1. The molecule has 1 fully saturated rings. The van der Waals surface area contributed by atoms with Gasteiger partial charge in [-0.1, -0.05) is 35.9 Å². The summed E-state index contributed by atoms with van der Waals surface area (Å²) >= 11 is 4.91. The van der Waals surface area contributed by atoms with Gasteiger partial charge in [0.2, 0.25) is 0 Å². The average Bonchev–Trinajstić information content (AvgIpc) is 2.71. The number of rotatable bonds is 7. The van der Waals surface area contributed by atoms with E-state index in [9.17, 15) is 4.55 Å². The molecule has 30 heavy (non-hydrogen) atoms. The molecule has 3 rings (SSSR count). The van der Waals surface area contributed by atoms with Gasteiger partial charge in [0.25, 0.3) is 0 Å². The van der Waals surface area contributed by atoms with Crippen molar-refractivity contribution in [1.29, 1.82) is 0 Å². The molecule has 164 valence electrons. The number of ether oxygens (including phenoxy) is 2. The van der Waals surface area contributed by atoms with Crippen molar-refractivity contribution in [2.45, 2.75) is 50.8 Å². The Balaban J connectivity index is 1.91. The van der Waals surface area contributed by atoms with Crippen molar-refractivity contribution in [3.63, 3.8) is 0 Å². The van der Waals surface area contributed by atoms with Crippen LogP contribution in [0.2, 0.25) is 5.02 Å². The van der Waals surface area contributed by atoms with Crippen molar-refractivity contribution in [3.05, 3.63) is 58.9 Å². The summed E-state index contributed by atoms with van der Waals surface area (Å²) < 4.78 is 42.3. The number of halogens is 2. The summed E-state index contributed by atoms with van der Waals surface area (Å²) in [5.74, 6) is 0.326. The number of nitrogens with one attached hydrogen (secondary N) is 1. The van der Waals surface area contributed by atoms with Crippen molar-refractivity contribution in [2.75, 3.05) is 13.2 Å². The van der Waals surface area contributed by atoms with E-state index in [0.717, 1.165) is 12.8 Å². The lowest BCUT2D eigenvalue weighted by Gasteiger charge is -2.31. The van der Waals surface area contributed by atoms with E-state index in [1.54, 1.807) is 24.3 Å². The SMILES string of the molecule is CC(C)(C)[S+]([O-])N[C@@H](CC1CCOCC1)c1ccc(Cl)c(Oc2ccccc2)c1F. The third-order valence-electron chi connectivity index (χ3n) is 5.13. The Hall–Kier alpha value is -1.31. The van der Waals surface area contributed by atoms with Crippen LogP contribution in [0.5, 0.6) is 11.5 Å². The molecule has 0 saturated carbocycles. The van der Waals surface area contributed by atoms with E-state index in [-0.39, 0.29) is 10.8 Å². The van der Waals surface area contributed by atoms with Gasteiger partial charge in [0, 0.05) is 30.1 Å². The van der Waals surface area contributed by atoms with E-state index < -0.39 is 28.0 Å². The number of hydrogen-bond donors (Lipinski definition) is 1. The lowest BCUT2D eigenvalue weighted by molar-refractivity contribution is 0.0612. The largest absolute Gasteiger partial charge is 0.598 e. The van der Waals surface area contributed by atoms with Crippen LogP contribution in [0.1, 0.15) is 51.6 Å². The molecule has 1 unspecified atom stereocenters. The first-order valence-electron chi connectivity index (χ1n) is 10.2. The Labute approximate surface area is 186 Å². The van der Waals surface area contributed by atoms with Crippen molar-refractivity contribution in [2.24, 2.45) is 5.92 Å². The summed E-state index contributed by atoms with van der Waals surface area (Å²) in [7, 11) is 0. The van der Waals surface area contributed by atoms with Crippen LogP contribution in [0.15, 0.2) is 42.5 Å².